The van der Waals surface area contributed by atoms with Crippen molar-refractivity contribution in [3.05, 3.63) is 76.1 Å². The summed E-state index contributed by atoms with van der Waals surface area (Å²) < 4.78 is 29.5. The highest BCUT2D eigenvalue weighted by Crippen LogP contribution is 2.34. The van der Waals surface area contributed by atoms with Gasteiger partial charge in [-0.15, -0.1) is 11.3 Å². The Balaban J connectivity index is 1.45. The summed E-state index contributed by atoms with van der Waals surface area (Å²) in [6.07, 6.45) is 1.25. The number of piperidine rings is 1. The Morgan fingerprint density at radius 3 is 2.69 bits per heavy atom. The SMILES string of the molecule is Cc1ccc2nc(N(Cc3ccccc3)C(=O)C3CCCN(S(=O)(=O)c4ccc(Cl)s4)C3)sc2c1. The molecule has 1 atom stereocenters. The van der Waals surface area contributed by atoms with E-state index in [1.54, 1.807) is 11.0 Å². The molecule has 1 aliphatic rings. The van der Waals surface area contributed by atoms with E-state index in [1.165, 1.54) is 21.7 Å². The van der Waals surface area contributed by atoms with Gasteiger partial charge in [-0.2, -0.15) is 4.31 Å². The van der Waals surface area contributed by atoms with E-state index >= 15 is 0 Å². The number of fused-ring (bicyclic) bond motifs is 1. The Morgan fingerprint density at radius 1 is 1.14 bits per heavy atom. The number of benzene rings is 2. The first-order chi connectivity index (χ1) is 16.8. The number of anilines is 1. The minimum Gasteiger partial charge on any atom is -0.283 e. The average molecular weight is 546 g/mol. The summed E-state index contributed by atoms with van der Waals surface area (Å²) in [4.78, 5) is 20.4. The van der Waals surface area contributed by atoms with E-state index in [2.05, 4.69) is 6.07 Å². The van der Waals surface area contributed by atoms with Crippen molar-refractivity contribution in [1.29, 1.82) is 0 Å². The van der Waals surface area contributed by atoms with E-state index in [0.29, 0.717) is 35.4 Å². The molecule has 0 N–H and O–H groups in total. The number of carbonyl (C=O) groups excluding carboxylic acids is 1. The molecule has 6 nitrogen and oxygen atoms in total. The summed E-state index contributed by atoms with van der Waals surface area (Å²) in [5.41, 5.74) is 2.98. The zero-order chi connectivity index (χ0) is 24.6. The van der Waals surface area contributed by atoms with Gasteiger partial charge in [0.2, 0.25) is 5.91 Å². The van der Waals surface area contributed by atoms with Crippen LogP contribution in [0.4, 0.5) is 5.13 Å². The molecule has 0 aliphatic carbocycles. The monoisotopic (exact) mass is 545 g/mol. The molecule has 0 bridgehead atoms. The number of thiophene rings is 1. The molecule has 0 spiro atoms. The minimum absolute atomic E-state index is 0.103. The summed E-state index contributed by atoms with van der Waals surface area (Å²) in [6.45, 7) is 2.94. The number of aromatic nitrogens is 1. The van der Waals surface area contributed by atoms with Crippen LogP contribution in [0.25, 0.3) is 10.2 Å². The molecule has 1 aliphatic heterocycles. The Bertz CT molecular complexity index is 1470. The van der Waals surface area contributed by atoms with Gasteiger partial charge in [0.15, 0.2) is 5.13 Å². The van der Waals surface area contributed by atoms with Crippen molar-refractivity contribution in [2.45, 2.75) is 30.5 Å². The van der Waals surface area contributed by atoms with Crippen LogP contribution in [-0.2, 0) is 21.4 Å². The first-order valence-corrected chi connectivity index (χ1v) is 14.7. The molecular formula is C25H24ClN3O3S3. The maximum atomic E-state index is 13.9. The molecule has 0 saturated carbocycles. The molecule has 1 fully saturated rings. The molecule has 3 heterocycles. The second-order valence-electron chi connectivity index (χ2n) is 8.64. The third-order valence-corrected chi connectivity index (χ3v) is 10.7. The van der Waals surface area contributed by atoms with Gasteiger partial charge >= 0.3 is 0 Å². The van der Waals surface area contributed by atoms with Crippen LogP contribution in [0.2, 0.25) is 4.34 Å². The Morgan fingerprint density at radius 2 is 1.94 bits per heavy atom. The van der Waals surface area contributed by atoms with Gasteiger partial charge in [0.05, 0.1) is 27.0 Å². The number of hydrogen-bond donors (Lipinski definition) is 0. The van der Waals surface area contributed by atoms with Crippen molar-refractivity contribution in [3.63, 3.8) is 0 Å². The molecule has 1 amide bonds. The van der Waals surface area contributed by atoms with Gasteiger partial charge in [0.25, 0.3) is 10.0 Å². The standard InChI is InChI=1S/C25H24ClN3O3S3/c1-17-9-10-20-21(14-17)33-25(27-20)29(15-18-6-3-2-4-7-18)24(30)19-8-5-13-28(16-19)35(31,32)23-12-11-22(26)34-23/h2-4,6-7,9-12,14,19H,5,8,13,15-16H2,1H3. The molecule has 1 saturated heterocycles. The molecule has 0 radical (unpaired) electrons. The van der Waals surface area contributed by atoms with Gasteiger partial charge in [-0.3, -0.25) is 9.69 Å². The van der Waals surface area contributed by atoms with Crippen molar-refractivity contribution in [3.8, 4) is 0 Å². The molecule has 35 heavy (non-hydrogen) atoms. The van der Waals surface area contributed by atoms with Crippen molar-refractivity contribution in [2.75, 3.05) is 18.0 Å². The average Bonchev–Trinajstić information content (AvgIpc) is 3.49. The molecule has 4 aromatic rings. The first kappa shape index (κ1) is 24.4. The highest BCUT2D eigenvalue weighted by Gasteiger charge is 2.36. The second-order valence-corrected chi connectivity index (χ2v) is 13.5. The van der Waals surface area contributed by atoms with Gasteiger partial charge < -0.3 is 0 Å². The summed E-state index contributed by atoms with van der Waals surface area (Å²) >= 11 is 8.51. The van der Waals surface area contributed by atoms with Crippen molar-refractivity contribution in [1.82, 2.24) is 9.29 Å². The number of nitrogens with zero attached hydrogens (tertiary/aromatic N) is 3. The van der Waals surface area contributed by atoms with Crippen LogP contribution < -0.4 is 4.90 Å². The Kier molecular flexibility index (Phi) is 6.96. The topological polar surface area (TPSA) is 70.6 Å². The molecule has 5 rings (SSSR count). The van der Waals surface area contributed by atoms with E-state index < -0.39 is 15.9 Å². The number of carbonyl (C=O) groups is 1. The highest BCUT2D eigenvalue weighted by atomic mass is 35.5. The molecule has 1 unspecified atom stereocenters. The normalized spacial score (nSPS) is 17.0. The van der Waals surface area contributed by atoms with E-state index in [9.17, 15) is 13.2 Å². The van der Waals surface area contributed by atoms with Crippen molar-refractivity contribution < 1.29 is 13.2 Å². The van der Waals surface area contributed by atoms with E-state index in [1.807, 2.05) is 49.4 Å². The van der Waals surface area contributed by atoms with Crippen LogP contribution in [0, 0.1) is 12.8 Å². The van der Waals surface area contributed by atoms with Crippen LogP contribution in [0.1, 0.15) is 24.0 Å². The van der Waals surface area contributed by atoms with Crippen LogP contribution in [-0.4, -0.2) is 36.7 Å². The second kappa shape index (κ2) is 9.99. The van der Waals surface area contributed by atoms with Crippen LogP contribution in [0.3, 0.4) is 0 Å². The third kappa shape index (κ3) is 5.15. The van der Waals surface area contributed by atoms with Crippen LogP contribution in [0.5, 0.6) is 0 Å². The lowest BCUT2D eigenvalue weighted by atomic mass is 9.98. The fourth-order valence-corrected chi connectivity index (χ4v) is 8.52. The fourth-order valence-electron chi connectivity index (χ4n) is 4.29. The van der Waals surface area contributed by atoms with Crippen LogP contribution >= 0.6 is 34.3 Å². The third-order valence-electron chi connectivity index (χ3n) is 6.09. The molecule has 10 heteroatoms. The number of sulfonamides is 1. The molecule has 2 aromatic carbocycles. The van der Waals surface area contributed by atoms with Crippen molar-refractivity contribution >= 4 is 65.6 Å². The molecule has 182 valence electrons. The lowest BCUT2D eigenvalue weighted by molar-refractivity contribution is -0.123. The quantitative estimate of drug-likeness (QED) is 0.300. The van der Waals surface area contributed by atoms with Crippen LogP contribution in [0.15, 0.2) is 64.9 Å². The predicted molar refractivity (Wildman–Crippen MR) is 143 cm³/mol. The summed E-state index contributed by atoms with van der Waals surface area (Å²) in [6, 6.07) is 19.0. The lowest BCUT2D eigenvalue weighted by Crippen LogP contribution is -2.46. The first-order valence-electron chi connectivity index (χ1n) is 11.3. The number of hydrogen-bond acceptors (Lipinski definition) is 6. The number of thiazole rings is 1. The minimum atomic E-state index is -3.70. The van der Waals surface area contributed by atoms with Gasteiger partial charge in [-0.25, -0.2) is 13.4 Å². The maximum Gasteiger partial charge on any atom is 0.252 e. The fraction of sp³-hybridized carbons (Fsp3) is 0.280. The van der Waals surface area contributed by atoms with E-state index in [4.69, 9.17) is 16.6 Å². The Hall–Kier alpha value is -2.30. The van der Waals surface area contributed by atoms with Gasteiger partial charge in [-0.05, 0) is 55.2 Å². The lowest BCUT2D eigenvalue weighted by Gasteiger charge is -2.33. The van der Waals surface area contributed by atoms with Crippen molar-refractivity contribution in [2.24, 2.45) is 5.92 Å². The number of rotatable bonds is 6. The van der Waals surface area contributed by atoms with E-state index in [0.717, 1.165) is 32.7 Å². The van der Waals surface area contributed by atoms with Gasteiger partial charge in [0, 0.05) is 13.1 Å². The smallest absolute Gasteiger partial charge is 0.252 e. The largest absolute Gasteiger partial charge is 0.283 e. The number of halogens is 1. The summed E-state index contributed by atoms with van der Waals surface area (Å²) in [5, 5.41) is 0.629. The zero-order valence-electron chi connectivity index (χ0n) is 19.1. The molecular weight excluding hydrogens is 522 g/mol. The number of amides is 1. The summed E-state index contributed by atoms with van der Waals surface area (Å²) in [5.74, 6) is -0.555. The number of aryl methyl sites for hydroxylation is 1. The van der Waals surface area contributed by atoms with Gasteiger partial charge in [-0.1, -0.05) is 59.3 Å². The zero-order valence-corrected chi connectivity index (χ0v) is 22.3. The maximum absolute atomic E-state index is 13.9. The summed E-state index contributed by atoms with van der Waals surface area (Å²) in [7, 11) is -3.70. The Labute approximate surface area is 217 Å². The molecule has 2 aromatic heterocycles. The van der Waals surface area contributed by atoms with E-state index in [-0.39, 0.29) is 16.7 Å². The predicted octanol–water partition coefficient (Wildman–Crippen LogP) is 5.95. The highest BCUT2D eigenvalue weighted by molar-refractivity contribution is 7.91. The van der Waals surface area contributed by atoms with Gasteiger partial charge in [0.1, 0.15) is 4.21 Å².